The number of aliphatic hydroxyl groups excluding tert-OH is 1. The number of fused-ring (bicyclic) bond motifs is 2. The molecule has 0 heterocycles. The van der Waals surface area contributed by atoms with E-state index in [2.05, 4.69) is 45.0 Å². The Morgan fingerprint density at radius 1 is 1.33 bits per heavy atom. The molecule has 6 atom stereocenters. The Hall–Kier alpha value is -1.00. The maximum atomic E-state index is 11.4. The van der Waals surface area contributed by atoms with Gasteiger partial charge in [-0.1, -0.05) is 37.6 Å². The number of rotatable bonds is 5. The Labute approximate surface area is 145 Å². The second-order valence-corrected chi connectivity index (χ2v) is 9.14. The van der Waals surface area contributed by atoms with Crippen molar-refractivity contribution in [1.82, 2.24) is 0 Å². The first-order valence-corrected chi connectivity index (χ1v) is 9.29. The van der Waals surface area contributed by atoms with E-state index >= 15 is 0 Å². The van der Waals surface area contributed by atoms with Crippen LogP contribution < -0.4 is 0 Å². The molecule has 0 saturated heterocycles. The smallest absolute Gasteiger partial charge is 0.155 e. The number of hydrogen-bond acceptors (Lipinski definition) is 4. The van der Waals surface area contributed by atoms with Gasteiger partial charge in [-0.2, -0.15) is 4.91 Å². The normalized spacial score (nSPS) is 42.4. The zero-order valence-corrected chi connectivity index (χ0v) is 15.6. The second kappa shape index (κ2) is 6.06. The first kappa shape index (κ1) is 17.8. The van der Waals surface area contributed by atoms with Crippen LogP contribution in [0.15, 0.2) is 28.5 Å². The van der Waals surface area contributed by atoms with Gasteiger partial charge < -0.3 is 9.84 Å². The summed E-state index contributed by atoms with van der Waals surface area (Å²) in [4.78, 5) is 11.4. The molecule has 4 heteroatoms. The second-order valence-electron chi connectivity index (χ2n) is 9.14. The molecule has 1 saturated carbocycles. The number of nitroso groups, excluding NO2 is 1. The van der Waals surface area contributed by atoms with E-state index in [1.165, 1.54) is 11.1 Å². The molecule has 1 N–H and O–H groups in total. The van der Waals surface area contributed by atoms with Crippen LogP contribution in [-0.4, -0.2) is 22.5 Å². The summed E-state index contributed by atoms with van der Waals surface area (Å²) in [5.41, 5.74) is 1.85. The van der Waals surface area contributed by atoms with Gasteiger partial charge in [0.05, 0.1) is 5.60 Å². The van der Waals surface area contributed by atoms with Crippen molar-refractivity contribution in [3.8, 4) is 0 Å². The summed E-state index contributed by atoms with van der Waals surface area (Å²) in [5.74, 6) is 1.54. The van der Waals surface area contributed by atoms with E-state index in [1.807, 2.05) is 6.92 Å². The zero-order valence-electron chi connectivity index (χ0n) is 15.6. The van der Waals surface area contributed by atoms with Crippen LogP contribution in [0, 0.1) is 28.6 Å². The Morgan fingerprint density at radius 3 is 2.67 bits per heavy atom. The number of allylic oxidation sites excluding steroid dienone is 3. The fourth-order valence-corrected chi connectivity index (χ4v) is 4.99. The molecule has 0 aliphatic heterocycles. The molecule has 0 amide bonds. The SMILES string of the molecule is CC(C)CC(O)OC1(C)C=C2C=C3C2CC(C)(N=O)CC3C(C)C1. The highest BCUT2D eigenvalue weighted by Gasteiger charge is 2.50. The first-order valence-electron chi connectivity index (χ1n) is 9.29. The van der Waals surface area contributed by atoms with Crippen molar-refractivity contribution in [3.05, 3.63) is 28.2 Å². The summed E-state index contributed by atoms with van der Waals surface area (Å²) >= 11 is 0. The lowest BCUT2D eigenvalue weighted by atomic mass is 9.55. The number of ether oxygens (including phenoxy) is 1. The van der Waals surface area contributed by atoms with Gasteiger partial charge in [0.15, 0.2) is 6.29 Å². The first-order chi connectivity index (χ1) is 11.1. The Bertz CT molecular complexity index is 581. The van der Waals surface area contributed by atoms with E-state index in [4.69, 9.17) is 4.74 Å². The van der Waals surface area contributed by atoms with Crippen molar-refractivity contribution in [2.75, 3.05) is 0 Å². The maximum Gasteiger partial charge on any atom is 0.155 e. The van der Waals surface area contributed by atoms with E-state index in [0.29, 0.717) is 30.1 Å². The molecule has 2 bridgehead atoms. The van der Waals surface area contributed by atoms with E-state index < -0.39 is 17.4 Å². The van der Waals surface area contributed by atoms with Crippen molar-refractivity contribution in [3.63, 3.8) is 0 Å². The van der Waals surface area contributed by atoms with Gasteiger partial charge >= 0.3 is 0 Å². The molecule has 24 heavy (non-hydrogen) atoms. The van der Waals surface area contributed by atoms with E-state index in [0.717, 1.165) is 19.3 Å². The molecule has 0 spiro atoms. The number of nitrogens with zero attached hydrogens (tertiary/aromatic N) is 1. The zero-order chi connectivity index (χ0) is 17.7. The lowest BCUT2D eigenvalue weighted by Crippen LogP contribution is -2.47. The van der Waals surface area contributed by atoms with Crippen LogP contribution >= 0.6 is 0 Å². The van der Waals surface area contributed by atoms with Gasteiger partial charge in [-0.05, 0) is 62.5 Å². The highest BCUT2D eigenvalue weighted by Crippen LogP contribution is 2.56. The standard InChI is InChI=1S/C20H31NO3/c1-12(2)6-18(22)24-20(5)8-13(3)16-10-19(4,21-23)11-17-14(9-20)7-15(16)17/h7,9,12-13,16-18,22H,6,8,10-11H2,1-5H3. The van der Waals surface area contributed by atoms with Crippen molar-refractivity contribution in [2.24, 2.45) is 28.8 Å². The largest absolute Gasteiger partial charge is 0.368 e. The van der Waals surface area contributed by atoms with Crippen LogP contribution in [0.3, 0.4) is 0 Å². The quantitative estimate of drug-likeness (QED) is 0.591. The van der Waals surface area contributed by atoms with Gasteiger partial charge in [-0.15, -0.1) is 0 Å². The van der Waals surface area contributed by atoms with Crippen LogP contribution in [0.4, 0.5) is 0 Å². The summed E-state index contributed by atoms with van der Waals surface area (Å²) in [6.07, 6.45) is 6.88. The molecule has 134 valence electrons. The van der Waals surface area contributed by atoms with Crippen LogP contribution in [0.5, 0.6) is 0 Å². The summed E-state index contributed by atoms with van der Waals surface area (Å²) in [7, 11) is 0. The summed E-state index contributed by atoms with van der Waals surface area (Å²) in [6, 6.07) is 0. The Balaban J connectivity index is 1.86. The monoisotopic (exact) mass is 333 g/mol. The Morgan fingerprint density at radius 2 is 2.04 bits per heavy atom. The van der Waals surface area contributed by atoms with Gasteiger partial charge in [0.2, 0.25) is 0 Å². The van der Waals surface area contributed by atoms with Crippen molar-refractivity contribution >= 4 is 0 Å². The van der Waals surface area contributed by atoms with Crippen LogP contribution in [0.25, 0.3) is 0 Å². The fourth-order valence-electron chi connectivity index (χ4n) is 4.99. The molecule has 3 aliphatic rings. The van der Waals surface area contributed by atoms with Crippen molar-refractivity contribution in [1.29, 1.82) is 0 Å². The minimum Gasteiger partial charge on any atom is -0.368 e. The van der Waals surface area contributed by atoms with Gasteiger partial charge in [0.25, 0.3) is 0 Å². The van der Waals surface area contributed by atoms with Crippen molar-refractivity contribution < 1.29 is 9.84 Å². The average molecular weight is 333 g/mol. The molecule has 0 aromatic rings. The summed E-state index contributed by atoms with van der Waals surface area (Å²) in [6.45, 7) is 10.5. The van der Waals surface area contributed by atoms with Crippen molar-refractivity contribution in [2.45, 2.75) is 77.7 Å². The van der Waals surface area contributed by atoms with E-state index in [1.54, 1.807) is 0 Å². The van der Waals surface area contributed by atoms with Crippen LogP contribution in [0.1, 0.15) is 60.3 Å². The predicted octanol–water partition coefficient (Wildman–Crippen LogP) is 4.58. The highest BCUT2D eigenvalue weighted by molar-refractivity contribution is 5.48. The minimum absolute atomic E-state index is 0.347. The number of hydrogen-bond donors (Lipinski definition) is 1. The van der Waals surface area contributed by atoms with Gasteiger partial charge in [-0.25, -0.2) is 0 Å². The van der Waals surface area contributed by atoms with E-state index in [9.17, 15) is 10.0 Å². The molecule has 6 unspecified atom stereocenters. The predicted molar refractivity (Wildman–Crippen MR) is 95.3 cm³/mol. The molecule has 1 fully saturated rings. The lowest BCUT2D eigenvalue weighted by molar-refractivity contribution is -0.175. The highest BCUT2D eigenvalue weighted by atomic mass is 16.6. The molecule has 4 nitrogen and oxygen atoms in total. The summed E-state index contributed by atoms with van der Waals surface area (Å²) in [5, 5.41) is 13.8. The summed E-state index contributed by atoms with van der Waals surface area (Å²) < 4.78 is 6.10. The van der Waals surface area contributed by atoms with Gasteiger partial charge in [-0.3, -0.25) is 0 Å². The molecule has 3 rings (SSSR count). The fraction of sp³-hybridized carbons (Fsp3) is 0.800. The molecular weight excluding hydrogens is 302 g/mol. The Kier molecular flexibility index (Phi) is 4.50. The molecular formula is C20H31NO3. The number of aliphatic hydroxyl groups is 1. The van der Waals surface area contributed by atoms with Gasteiger partial charge in [0.1, 0.15) is 5.54 Å². The topological polar surface area (TPSA) is 58.9 Å². The molecule has 3 aliphatic carbocycles. The van der Waals surface area contributed by atoms with Crippen LogP contribution in [-0.2, 0) is 4.74 Å². The van der Waals surface area contributed by atoms with Crippen LogP contribution in [0.2, 0.25) is 0 Å². The molecule has 0 radical (unpaired) electrons. The maximum absolute atomic E-state index is 11.4. The minimum atomic E-state index is -0.733. The third-order valence-corrected chi connectivity index (χ3v) is 6.05. The van der Waals surface area contributed by atoms with E-state index in [-0.39, 0.29) is 0 Å². The average Bonchev–Trinajstić information content (AvgIpc) is 2.44. The molecule has 0 aromatic carbocycles. The molecule has 0 aromatic heterocycles. The van der Waals surface area contributed by atoms with Gasteiger partial charge in [0, 0.05) is 12.3 Å². The lowest BCUT2D eigenvalue weighted by Gasteiger charge is -2.51. The third kappa shape index (κ3) is 3.23. The third-order valence-electron chi connectivity index (χ3n) is 6.05.